The van der Waals surface area contributed by atoms with Crippen LogP contribution in [0.25, 0.3) is 22.0 Å². The summed E-state index contributed by atoms with van der Waals surface area (Å²) in [5.74, 6) is 0.469. The summed E-state index contributed by atoms with van der Waals surface area (Å²) in [5.41, 5.74) is 4.89. The van der Waals surface area contributed by atoms with Crippen LogP contribution in [0.1, 0.15) is 11.7 Å². The van der Waals surface area contributed by atoms with Gasteiger partial charge in [-0.3, -0.25) is 4.72 Å². The molecule has 1 aromatic heterocycles. The number of benzene rings is 3. The molecule has 0 aliphatic carbocycles. The number of hydrogen-bond donors (Lipinski definition) is 3. The molecule has 1 aliphatic heterocycles. The molecular weight excluding hydrogens is 462 g/mol. The Kier molecular flexibility index (Phi) is 6.45. The van der Waals surface area contributed by atoms with E-state index in [0.717, 1.165) is 51.8 Å². The lowest BCUT2D eigenvalue weighted by Gasteiger charge is -2.24. The number of ether oxygens (including phenoxy) is 1. The summed E-state index contributed by atoms with van der Waals surface area (Å²) < 4.78 is 32.1. The van der Waals surface area contributed by atoms with Gasteiger partial charge in [0, 0.05) is 47.0 Å². The summed E-state index contributed by atoms with van der Waals surface area (Å²) in [7, 11) is -3.60. The second kappa shape index (κ2) is 9.83. The normalized spacial score (nSPS) is 16.1. The molecule has 178 valence electrons. The number of sulfonamides is 1. The largest absolute Gasteiger partial charge is 0.371 e. The molecule has 1 unspecified atom stereocenters. The maximum absolute atomic E-state index is 11.9. The first-order valence-electron chi connectivity index (χ1n) is 11.2. The fraction of sp³-hybridized carbons (Fsp3) is 0.154. The van der Waals surface area contributed by atoms with Gasteiger partial charge in [-0.25, -0.2) is 18.4 Å². The molecule has 1 atom stereocenters. The van der Waals surface area contributed by atoms with Crippen molar-refractivity contribution < 1.29 is 13.2 Å². The molecule has 1 aliphatic rings. The molecule has 5 rings (SSSR count). The number of aromatic nitrogens is 2. The highest BCUT2D eigenvalue weighted by molar-refractivity contribution is 7.95. The van der Waals surface area contributed by atoms with Gasteiger partial charge in [0.05, 0.1) is 18.2 Å². The zero-order chi connectivity index (χ0) is 24.3. The van der Waals surface area contributed by atoms with Crippen molar-refractivity contribution in [1.29, 1.82) is 0 Å². The third-order valence-corrected chi connectivity index (χ3v) is 6.69. The van der Waals surface area contributed by atoms with Gasteiger partial charge in [-0.2, -0.15) is 0 Å². The van der Waals surface area contributed by atoms with Crippen LogP contribution < -0.4 is 15.4 Å². The van der Waals surface area contributed by atoms with Gasteiger partial charge in [0.1, 0.15) is 0 Å². The Morgan fingerprint density at radius 3 is 2.66 bits per heavy atom. The Morgan fingerprint density at radius 1 is 1.06 bits per heavy atom. The Bertz CT molecular complexity index is 1470. The van der Waals surface area contributed by atoms with Crippen molar-refractivity contribution in [3.05, 3.63) is 90.5 Å². The monoisotopic (exact) mass is 487 g/mol. The molecule has 0 spiro atoms. The second-order valence-corrected chi connectivity index (χ2v) is 9.77. The maximum Gasteiger partial charge on any atom is 0.254 e. The van der Waals surface area contributed by atoms with E-state index in [1.54, 1.807) is 24.4 Å². The van der Waals surface area contributed by atoms with E-state index in [-0.39, 0.29) is 6.10 Å². The molecule has 8 nitrogen and oxygen atoms in total. The molecular formula is C26H25N5O3S. The van der Waals surface area contributed by atoms with Crippen molar-refractivity contribution in [2.24, 2.45) is 0 Å². The summed E-state index contributed by atoms with van der Waals surface area (Å²) in [4.78, 5) is 9.23. The topological polar surface area (TPSA) is 105 Å². The van der Waals surface area contributed by atoms with E-state index in [1.165, 1.54) is 0 Å². The van der Waals surface area contributed by atoms with Crippen LogP contribution in [0, 0.1) is 0 Å². The lowest BCUT2D eigenvalue weighted by molar-refractivity contribution is 0.0277. The van der Waals surface area contributed by atoms with Crippen molar-refractivity contribution in [2.75, 3.05) is 29.7 Å². The van der Waals surface area contributed by atoms with Crippen LogP contribution in [0.5, 0.6) is 0 Å². The van der Waals surface area contributed by atoms with Crippen molar-refractivity contribution in [1.82, 2.24) is 15.3 Å². The molecule has 3 N–H and O–H groups in total. The summed E-state index contributed by atoms with van der Waals surface area (Å²) >= 11 is 0. The number of morpholine rings is 1. The van der Waals surface area contributed by atoms with Gasteiger partial charge in [0.25, 0.3) is 10.0 Å². The SMILES string of the molecule is C=CS(=O)(=O)Nc1cccc(-c2cccc3cnc(Nc4ccc(C5CNCCO5)cc4)nc23)c1. The van der Waals surface area contributed by atoms with Gasteiger partial charge in [0.2, 0.25) is 5.95 Å². The number of hydrogen-bond acceptors (Lipinski definition) is 7. The molecule has 0 radical (unpaired) electrons. The molecule has 1 saturated heterocycles. The van der Waals surface area contributed by atoms with E-state index >= 15 is 0 Å². The van der Waals surface area contributed by atoms with Gasteiger partial charge in [0.15, 0.2) is 0 Å². The molecule has 0 bridgehead atoms. The number of fused-ring (bicyclic) bond motifs is 1. The molecule has 0 amide bonds. The molecule has 3 aromatic carbocycles. The highest BCUT2D eigenvalue weighted by Crippen LogP contribution is 2.30. The zero-order valence-corrected chi connectivity index (χ0v) is 19.8. The minimum absolute atomic E-state index is 0.0593. The van der Waals surface area contributed by atoms with Crippen LogP contribution in [0.15, 0.2) is 84.9 Å². The summed E-state index contributed by atoms with van der Waals surface area (Å²) in [6.45, 7) is 5.73. The lowest BCUT2D eigenvalue weighted by Crippen LogP contribution is -2.33. The van der Waals surface area contributed by atoms with Crippen molar-refractivity contribution in [3.63, 3.8) is 0 Å². The standard InChI is InChI=1S/C26H25N5O3S/c1-2-35(32,33)31-22-7-3-5-19(15-22)23-8-4-6-20-16-28-26(30-25(20)23)29-21-11-9-18(10-12-21)24-17-27-13-14-34-24/h2-12,15-16,24,27,31H,1,13-14,17H2,(H,28,29,30). The number of nitrogens with one attached hydrogen (secondary N) is 3. The van der Waals surface area contributed by atoms with Crippen LogP contribution >= 0.6 is 0 Å². The average Bonchev–Trinajstić information content (AvgIpc) is 2.89. The highest BCUT2D eigenvalue weighted by Gasteiger charge is 2.15. The van der Waals surface area contributed by atoms with Gasteiger partial charge in [-0.05, 0) is 35.4 Å². The predicted octanol–water partition coefficient (Wildman–Crippen LogP) is 4.59. The lowest BCUT2D eigenvalue weighted by atomic mass is 10.0. The van der Waals surface area contributed by atoms with Gasteiger partial charge in [-0.1, -0.05) is 49.0 Å². The van der Waals surface area contributed by atoms with Crippen LogP contribution in [-0.4, -0.2) is 38.1 Å². The Labute approximate surface area is 204 Å². The fourth-order valence-electron chi connectivity index (χ4n) is 3.99. The molecule has 2 heterocycles. The third-order valence-electron chi connectivity index (χ3n) is 5.73. The Balaban J connectivity index is 1.42. The van der Waals surface area contributed by atoms with Gasteiger partial charge >= 0.3 is 0 Å². The summed E-state index contributed by atoms with van der Waals surface area (Å²) in [5, 5.41) is 8.38. The van der Waals surface area contributed by atoms with Gasteiger partial charge in [-0.15, -0.1) is 0 Å². The Morgan fingerprint density at radius 2 is 1.89 bits per heavy atom. The van der Waals surface area contributed by atoms with E-state index in [0.29, 0.717) is 18.2 Å². The smallest absolute Gasteiger partial charge is 0.254 e. The van der Waals surface area contributed by atoms with Crippen molar-refractivity contribution >= 4 is 38.2 Å². The highest BCUT2D eigenvalue weighted by atomic mass is 32.2. The molecule has 0 saturated carbocycles. The summed E-state index contributed by atoms with van der Waals surface area (Å²) in [6.07, 6.45) is 1.83. The summed E-state index contributed by atoms with van der Waals surface area (Å²) in [6, 6.07) is 21.1. The predicted molar refractivity (Wildman–Crippen MR) is 139 cm³/mol. The minimum Gasteiger partial charge on any atom is -0.371 e. The number of para-hydroxylation sites is 1. The average molecular weight is 488 g/mol. The quantitative estimate of drug-likeness (QED) is 0.350. The van der Waals surface area contributed by atoms with E-state index in [2.05, 4.69) is 26.9 Å². The maximum atomic E-state index is 11.9. The molecule has 35 heavy (non-hydrogen) atoms. The van der Waals surface area contributed by atoms with E-state index in [9.17, 15) is 8.42 Å². The van der Waals surface area contributed by atoms with Crippen LogP contribution in [-0.2, 0) is 14.8 Å². The van der Waals surface area contributed by atoms with Crippen LogP contribution in [0.2, 0.25) is 0 Å². The third kappa shape index (κ3) is 5.32. The van der Waals surface area contributed by atoms with E-state index in [4.69, 9.17) is 9.72 Å². The van der Waals surface area contributed by atoms with Crippen LogP contribution in [0.3, 0.4) is 0 Å². The van der Waals surface area contributed by atoms with Gasteiger partial charge < -0.3 is 15.4 Å². The van der Waals surface area contributed by atoms with Crippen molar-refractivity contribution in [3.8, 4) is 11.1 Å². The number of rotatable bonds is 7. The Hall–Kier alpha value is -3.79. The second-order valence-electron chi connectivity index (χ2n) is 8.14. The number of nitrogens with zero attached hydrogens (tertiary/aromatic N) is 2. The first-order chi connectivity index (χ1) is 17.0. The van der Waals surface area contributed by atoms with E-state index in [1.807, 2.05) is 48.5 Å². The fourth-order valence-corrected chi connectivity index (χ4v) is 4.53. The molecule has 4 aromatic rings. The molecule has 1 fully saturated rings. The zero-order valence-electron chi connectivity index (χ0n) is 18.9. The first kappa shape index (κ1) is 23.0. The van der Waals surface area contributed by atoms with Crippen LogP contribution in [0.4, 0.5) is 17.3 Å². The van der Waals surface area contributed by atoms with E-state index < -0.39 is 10.0 Å². The van der Waals surface area contributed by atoms with Crippen molar-refractivity contribution in [2.45, 2.75) is 6.10 Å². The first-order valence-corrected chi connectivity index (χ1v) is 12.8. The number of anilines is 3. The molecule has 9 heteroatoms. The minimum atomic E-state index is -3.60.